The van der Waals surface area contributed by atoms with Crippen LogP contribution in [0, 0.1) is 24.7 Å². The number of aromatic nitrogens is 3. The number of amides is 3. The van der Waals surface area contributed by atoms with Gasteiger partial charge in [-0.2, -0.15) is 22.7 Å². The summed E-state index contributed by atoms with van der Waals surface area (Å²) in [5, 5.41) is 26.3. The molecule has 1 aliphatic heterocycles. The zero-order chi connectivity index (χ0) is 42.8. The number of rotatable bonds is 14. The largest absolute Gasteiger partial charge is 0.477 e. The van der Waals surface area contributed by atoms with Gasteiger partial charge in [0, 0.05) is 41.2 Å². The molecule has 13 nitrogen and oxygen atoms in total. The number of nitrogens with two attached hydrogens (primary N) is 1. The fraction of sp³-hybridized carbons (Fsp3) is 0.442. The Morgan fingerprint density at radius 1 is 0.900 bits per heavy atom. The van der Waals surface area contributed by atoms with Crippen LogP contribution in [0.15, 0.2) is 66.7 Å². The van der Waals surface area contributed by atoms with Gasteiger partial charge < -0.3 is 32.1 Å². The van der Waals surface area contributed by atoms with Crippen molar-refractivity contribution in [2.75, 3.05) is 18.4 Å². The minimum absolute atomic E-state index is 0.0763. The Hall–Kier alpha value is -5.68. The van der Waals surface area contributed by atoms with Crippen molar-refractivity contribution in [2.45, 2.75) is 88.3 Å². The first-order chi connectivity index (χ1) is 28.6. The molecule has 3 aromatic carbocycles. The highest BCUT2D eigenvalue weighted by Crippen LogP contribution is 2.42. The number of aromatic amines is 1. The first-order valence-corrected chi connectivity index (χ1v) is 20.2. The predicted octanol–water partition coefficient (Wildman–Crippen LogP) is 5.56. The maximum Gasteiger partial charge on any atom is 0.411 e. The number of benzene rings is 3. The number of carbonyl (C=O) groups excluding carboxylic acids is 3. The Morgan fingerprint density at radius 3 is 2.27 bits per heavy atom. The number of nitrogens with zero attached hydrogens (tertiary/aromatic N) is 2. The van der Waals surface area contributed by atoms with Crippen molar-refractivity contribution < 1.29 is 41.8 Å². The second kappa shape index (κ2) is 17.5. The normalized spacial score (nSPS) is 22.1. The zero-order valence-corrected chi connectivity index (χ0v) is 32.9. The zero-order valence-electron chi connectivity index (χ0n) is 32.9. The summed E-state index contributed by atoms with van der Waals surface area (Å²) in [6, 6.07) is 18.5. The van der Waals surface area contributed by atoms with Crippen molar-refractivity contribution >= 4 is 29.4 Å². The highest BCUT2D eigenvalue weighted by atomic mass is 19.3. The topological polar surface area (TPSA) is 204 Å². The molecule has 2 aliphatic carbocycles. The molecule has 7 rings (SSSR count). The van der Waals surface area contributed by atoms with Gasteiger partial charge in [-0.15, -0.1) is 0 Å². The van der Waals surface area contributed by atoms with Crippen molar-refractivity contribution in [3.8, 4) is 22.5 Å². The highest BCUT2D eigenvalue weighted by Gasteiger charge is 2.65. The van der Waals surface area contributed by atoms with Crippen molar-refractivity contribution in [3.05, 3.63) is 89.2 Å². The minimum Gasteiger partial charge on any atom is -0.477 e. The average Bonchev–Trinajstić information content (AvgIpc) is 4.01. The van der Waals surface area contributed by atoms with Crippen LogP contribution in [0.2, 0.25) is 0 Å². The molecule has 17 heteroatoms. The molecule has 0 bridgehead atoms. The molecule has 1 aromatic heterocycles. The van der Waals surface area contributed by atoms with E-state index in [2.05, 4.69) is 31.3 Å². The van der Waals surface area contributed by atoms with Crippen LogP contribution in [0.3, 0.4) is 0 Å². The molecular weight excluding hydrogens is 785 g/mol. The molecule has 2 heterocycles. The summed E-state index contributed by atoms with van der Waals surface area (Å²) in [6.07, 6.45) is 6.21. The van der Waals surface area contributed by atoms with E-state index in [1.54, 1.807) is 5.10 Å². The molecule has 3 fully saturated rings. The van der Waals surface area contributed by atoms with E-state index < -0.39 is 41.4 Å². The first kappa shape index (κ1) is 42.4. The number of hydrogen-bond donors (Lipinski definition) is 7. The standard InChI is InChI=1S/C43H48F4N8O5/c1-23-20-29(38(57)51-34-17-16-33-32(34)18-19-49-33)12-15-31(23)26-6-2-24(3-7-26)21-35(52-37(56)28-8-4-25(22-48)5-9-28)39(58)50-30-13-10-27(11-14-30)36-53-40(55-54-36)42(44,45)43(46,47)41(59)60/h2-3,6-7,10-15,20,25,28,32-35,49H,4-5,8-9,16-19,21-22,48H2,1H3,(H,50,58)(H,51,57)(H,52,56)(H,59,60)(H,53,54,55)/t25?,28?,32?,33?,34?,35-/m0/s1. The third-order valence-corrected chi connectivity index (χ3v) is 12.3. The van der Waals surface area contributed by atoms with E-state index in [-0.39, 0.29) is 41.4 Å². The average molecular weight is 833 g/mol. The molecule has 318 valence electrons. The van der Waals surface area contributed by atoms with Crippen LogP contribution in [-0.2, 0) is 26.7 Å². The number of anilines is 1. The number of alkyl halides is 4. The molecular formula is C43H48F4N8O5. The summed E-state index contributed by atoms with van der Waals surface area (Å²) in [5.41, 5.74) is 10.4. The number of carboxylic acids is 1. The lowest BCUT2D eigenvalue weighted by Crippen LogP contribution is -2.48. The third kappa shape index (κ3) is 8.92. The summed E-state index contributed by atoms with van der Waals surface area (Å²) >= 11 is 0. The van der Waals surface area contributed by atoms with Crippen LogP contribution in [-0.4, -0.2) is 81.1 Å². The number of nitrogens with one attached hydrogen (secondary N) is 5. The minimum atomic E-state index is -5.44. The molecule has 4 aromatic rings. The lowest BCUT2D eigenvalue weighted by molar-refractivity contribution is -0.231. The third-order valence-electron chi connectivity index (χ3n) is 12.3. The van der Waals surface area contributed by atoms with Crippen LogP contribution in [0.1, 0.15) is 72.3 Å². The summed E-state index contributed by atoms with van der Waals surface area (Å²) in [6.45, 7) is 3.50. The number of hydrogen-bond acceptors (Lipinski definition) is 8. The van der Waals surface area contributed by atoms with E-state index in [0.29, 0.717) is 42.8 Å². The number of carboxylic acid groups (broad SMARTS) is 1. The number of aryl methyl sites for hydroxylation is 1. The Balaban J connectivity index is 1.03. The van der Waals surface area contributed by atoms with E-state index in [1.807, 2.05) is 49.4 Å². The van der Waals surface area contributed by atoms with Gasteiger partial charge >= 0.3 is 17.8 Å². The molecule has 3 aliphatic rings. The van der Waals surface area contributed by atoms with Gasteiger partial charge in [0.2, 0.25) is 17.6 Å². The fourth-order valence-electron chi connectivity index (χ4n) is 8.68. The SMILES string of the molecule is Cc1cc(C(=O)NC2CCC3NCCC32)ccc1-c1ccc(C[C@H](NC(=O)C2CCC(CN)CC2)C(=O)Nc2ccc(-c3n[nH]c(C(F)(F)C(F)(F)C(=O)O)n3)cc2)cc1. The number of fused-ring (bicyclic) bond motifs is 1. The smallest absolute Gasteiger partial charge is 0.411 e. The molecule has 0 spiro atoms. The molecule has 0 radical (unpaired) electrons. The molecule has 8 N–H and O–H groups in total. The second-order valence-electron chi connectivity index (χ2n) is 16.1. The van der Waals surface area contributed by atoms with Crippen LogP contribution >= 0.6 is 0 Å². The van der Waals surface area contributed by atoms with Gasteiger partial charge in [0.1, 0.15) is 6.04 Å². The van der Waals surface area contributed by atoms with E-state index >= 15 is 0 Å². The van der Waals surface area contributed by atoms with E-state index in [4.69, 9.17) is 10.8 Å². The number of halogens is 4. The van der Waals surface area contributed by atoms with E-state index in [9.17, 15) is 36.7 Å². The molecule has 3 unspecified atom stereocenters. The monoisotopic (exact) mass is 832 g/mol. The van der Waals surface area contributed by atoms with Crippen molar-refractivity contribution in [2.24, 2.45) is 23.5 Å². The Kier molecular flexibility index (Phi) is 12.4. The summed E-state index contributed by atoms with van der Waals surface area (Å²) in [5.74, 6) is -15.9. The summed E-state index contributed by atoms with van der Waals surface area (Å²) < 4.78 is 55.9. The van der Waals surface area contributed by atoms with E-state index in [1.165, 1.54) is 24.3 Å². The van der Waals surface area contributed by atoms with Crippen LogP contribution in [0.5, 0.6) is 0 Å². The predicted molar refractivity (Wildman–Crippen MR) is 214 cm³/mol. The number of aliphatic carboxylic acids is 1. The highest BCUT2D eigenvalue weighted by molar-refractivity contribution is 5.98. The van der Waals surface area contributed by atoms with Gasteiger partial charge in [-0.3, -0.25) is 19.5 Å². The molecule has 60 heavy (non-hydrogen) atoms. The van der Waals surface area contributed by atoms with Gasteiger partial charge in [-0.25, -0.2) is 9.78 Å². The quantitative estimate of drug-likeness (QED) is 0.0794. The molecule has 1 saturated heterocycles. The van der Waals surface area contributed by atoms with Gasteiger partial charge in [-0.1, -0.05) is 30.3 Å². The van der Waals surface area contributed by atoms with Gasteiger partial charge in [0.15, 0.2) is 5.82 Å². The van der Waals surface area contributed by atoms with Crippen molar-refractivity contribution in [3.63, 3.8) is 0 Å². The summed E-state index contributed by atoms with van der Waals surface area (Å²) in [7, 11) is 0. The van der Waals surface area contributed by atoms with Gasteiger partial charge in [0.25, 0.3) is 5.91 Å². The maximum absolute atomic E-state index is 14.3. The van der Waals surface area contributed by atoms with Crippen LogP contribution < -0.4 is 27.0 Å². The maximum atomic E-state index is 14.3. The fourth-order valence-corrected chi connectivity index (χ4v) is 8.68. The first-order valence-electron chi connectivity index (χ1n) is 20.2. The van der Waals surface area contributed by atoms with Gasteiger partial charge in [0.05, 0.1) is 0 Å². The number of carbonyl (C=O) groups is 4. The summed E-state index contributed by atoms with van der Waals surface area (Å²) in [4.78, 5) is 54.7. The lowest BCUT2D eigenvalue weighted by atomic mass is 9.81. The Labute approximate surface area is 343 Å². The van der Waals surface area contributed by atoms with E-state index in [0.717, 1.165) is 60.9 Å². The Morgan fingerprint density at radius 2 is 1.60 bits per heavy atom. The molecule has 4 atom stereocenters. The molecule has 3 amide bonds. The Bertz CT molecular complexity index is 2210. The van der Waals surface area contributed by atoms with Gasteiger partial charge in [-0.05, 0) is 135 Å². The van der Waals surface area contributed by atoms with Crippen molar-refractivity contribution in [1.29, 1.82) is 0 Å². The number of H-pyrrole nitrogens is 1. The second-order valence-corrected chi connectivity index (χ2v) is 16.1. The van der Waals surface area contributed by atoms with Crippen LogP contribution in [0.4, 0.5) is 23.2 Å². The van der Waals surface area contributed by atoms with Crippen molar-refractivity contribution in [1.82, 2.24) is 31.1 Å². The lowest BCUT2D eigenvalue weighted by Gasteiger charge is -2.28. The van der Waals surface area contributed by atoms with Crippen LogP contribution in [0.25, 0.3) is 22.5 Å². The molecule has 2 saturated carbocycles.